The molecule has 6 heteroatoms. The van der Waals surface area contributed by atoms with E-state index in [-0.39, 0.29) is 29.8 Å². The zero-order chi connectivity index (χ0) is 13.5. The quantitative estimate of drug-likeness (QED) is 0.854. The van der Waals surface area contributed by atoms with Gasteiger partial charge in [-0.15, -0.1) is 11.8 Å². The first-order valence-corrected chi connectivity index (χ1v) is 6.43. The monoisotopic (exact) mass is 271 g/mol. The summed E-state index contributed by atoms with van der Waals surface area (Å²) in [6, 6.07) is 6.25. The summed E-state index contributed by atoms with van der Waals surface area (Å²) in [5.74, 6) is -1.55. The molecule has 0 saturated carbocycles. The molecule has 1 aromatic carbocycles. The van der Waals surface area contributed by atoms with Gasteiger partial charge in [-0.1, -0.05) is 18.2 Å². The minimum absolute atomic E-state index is 0.0806. The number of halogens is 1. The fourth-order valence-corrected chi connectivity index (χ4v) is 1.98. The molecule has 4 nitrogen and oxygen atoms in total. The number of carbonyl (C=O) groups is 2. The topological polar surface area (TPSA) is 57.6 Å². The molecule has 0 heterocycles. The summed E-state index contributed by atoms with van der Waals surface area (Å²) >= 11 is 1.03. The van der Waals surface area contributed by atoms with E-state index in [1.165, 1.54) is 11.0 Å². The van der Waals surface area contributed by atoms with Crippen molar-refractivity contribution in [2.45, 2.75) is 6.54 Å². The fourth-order valence-electron chi connectivity index (χ4n) is 1.31. The van der Waals surface area contributed by atoms with Crippen molar-refractivity contribution in [2.24, 2.45) is 0 Å². The van der Waals surface area contributed by atoms with E-state index >= 15 is 0 Å². The molecule has 0 aliphatic carbocycles. The van der Waals surface area contributed by atoms with Gasteiger partial charge >= 0.3 is 5.97 Å². The van der Waals surface area contributed by atoms with Crippen molar-refractivity contribution in [1.29, 1.82) is 0 Å². The van der Waals surface area contributed by atoms with Crippen LogP contribution in [-0.4, -0.2) is 40.4 Å². The van der Waals surface area contributed by atoms with E-state index in [9.17, 15) is 14.0 Å². The van der Waals surface area contributed by atoms with Gasteiger partial charge in [0.05, 0.1) is 11.5 Å². The predicted molar refractivity (Wildman–Crippen MR) is 67.8 cm³/mol. The minimum Gasteiger partial charge on any atom is -0.481 e. The van der Waals surface area contributed by atoms with E-state index < -0.39 is 5.97 Å². The highest BCUT2D eigenvalue weighted by Crippen LogP contribution is 2.10. The number of nitrogens with zero attached hydrogens (tertiary/aromatic N) is 1. The Morgan fingerprint density at radius 1 is 1.33 bits per heavy atom. The van der Waals surface area contributed by atoms with E-state index in [1.54, 1.807) is 25.2 Å². The van der Waals surface area contributed by atoms with Crippen molar-refractivity contribution in [3.8, 4) is 0 Å². The molecule has 1 aromatic rings. The van der Waals surface area contributed by atoms with Crippen LogP contribution in [0.3, 0.4) is 0 Å². The normalized spacial score (nSPS) is 10.1. The Morgan fingerprint density at radius 2 is 2.00 bits per heavy atom. The maximum atomic E-state index is 13.4. The molecule has 1 rings (SSSR count). The van der Waals surface area contributed by atoms with E-state index in [1.807, 2.05) is 0 Å². The van der Waals surface area contributed by atoms with Crippen molar-refractivity contribution in [1.82, 2.24) is 4.90 Å². The maximum Gasteiger partial charge on any atom is 0.313 e. The lowest BCUT2D eigenvalue weighted by Gasteiger charge is -2.17. The van der Waals surface area contributed by atoms with Crippen LogP contribution in [0.2, 0.25) is 0 Å². The van der Waals surface area contributed by atoms with Gasteiger partial charge in [0.25, 0.3) is 0 Å². The van der Waals surface area contributed by atoms with Gasteiger partial charge in [0.1, 0.15) is 5.82 Å². The second-order valence-corrected chi connectivity index (χ2v) is 4.71. The van der Waals surface area contributed by atoms with Crippen LogP contribution in [0.25, 0.3) is 0 Å². The Labute approximate surface area is 109 Å². The Bertz CT molecular complexity index is 439. The fraction of sp³-hybridized carbons (Fsp3) is 0.333. The summed E-state index contributed by atoms with van der Waals surface area (Å²) in [4.78, 5) is 23.3. The second kappa shape index (κ2) is 7.00. The van der Waals surface area contributed by atoms with Gasteiger partial charge in [-0.3, -0.25) is 9.59 Å². The smallest absolute Gasteiger partial charge is 0.313 e. The van der Waals surface area contributed by atoms with Gasteiger partial charge in [0.2, 0.25) is 5.91 Å². The second-order valence-electron chi connectivity index (χ2n) is 3.73. The first-order valence-electron chi connectivity index (χ1n) is 5.27. The summed E-state index contributed by atoms with van der Waals surface area (Å²) in [6.07, 6.45) is 0. The average molecular weight is 271 g/mol. The number of aliphatic carboxylic acids is 1. The summed E-state index contributed by atoms with van der Waals surface area (Å²) < 4.78 is 13.4. The number of thioether (sulfide) groups is 1. The Hall–Kier alpha value is -1.56. The van der Waals surface area contributed by atoms with Crippen molar-refractivity contribution >= 4 is 23.6 Å². The molecular weight excluding hydrogens is 257 g/mol. The molecule has 0 bridgehead atoms. The number of hydrogen-bond acceptors (Lipinski definition) is 3. The van der Waals surface area contributed by atoms with Crippen LogP contribution >= 0.6 is 11.8 Å². The summed E-state index contributed by atoms with van der Waals surface area (Å²) in [5.41, 5.74) is 0.441. The molecule has 1 amide bonds. The lowest BCUT2D eigenvalue weighted by molar-refractivity contribution is -0.133. The molecule has 0 aliphatic rings. The molecule has 18 heavy (non-hydrogen) atoms. The molecule has 1 N–H and O–H groups in total. The molecule has 98 valence electrons. The Kier molecular flexibility index (Phi) is 5.64. The van der Waals surface area contributed by atoms with Crippen molar-refractivity contribution < 1.29 is 19.1 Å². The van der Waals surface area contributed by atoms with Gasteiger partial charge in [0.15, 0.2) is 0 Å². The van der Waals surface area contributed by atoms with E-state index in [0.717, 1.165) is 11.8 Å². The molecular formula is C12H14FNO3S. The Balaban J connectivity index is 2.45. The van der Waals surface area contributed by atoms with E-state index in [4.69, 9.17) is 5.11 Å². The van der Waals surface area contributed by atoms with Crippen LogP contribution < -0.4 is 0 Å². The number of rotatable bonds is 6. The third kappa shape index (κ3) is 4.75. The molecule has 0 spiro atoms. The molecule has 0 unspecified atom stereocenters. The summed E-state index contributed by atoms with van der Waals surface area (Å²) in [6.45, 7) is 0.180. The summed E-state index contributed by atoms with van der Waals surface area (Å²) in [5, 5.41) is 8.44. The van der Waals surface area contributed by atoms with Crippen molar-refractivity contribution in [3.63, 3.8) is 0 Å². The first-order chi connectivity index (χ1) is 8.50. The largest absolute Gasteiger partial charge is 0.481 e. The first kappa shape index (κ1) is 14.5. The SMILES string of the molecule is CN(Cc1ccccc1F)C(=O)CSCC(=O)O. The maximum absolute atomic E-state index is 13.4. The van der Waals surface area contributed by atoms with E-state index in [0.29, 0.717) is 5.56 Å². The number of amides is 1. The van der Waals surface area contributed by atoms with Crippen molar-refractivity contribution in [3.05, 3.63) is 35.6 Å². The molecule has 0 aromatic heterocycles. The number of benzene rings is 1. The third-order valence-electron chi connectivity index (χ3n) is 2.24. The Morgan fingerprint density at radius 3 is 2.61 bits per heavy atom. The lowest BCUT2D eigenvalue weighted by Crippen LogP contribution is -2.28. The van der Waals surface area contributed by atoms with Crippen molar-refractivity contribution in [2.75, 3.05) is 18.6 Å². The highest BCUT2D eigenvalue weighted by Gasteiger charge is 2.12. The van der Waals surface area contributed by atoms with Gasteiger partial charge in [-0.25, -0.2) is 4.39 Å². The van der Waals surface area contributed by atoms with Gasteiger partial charge in [-0.2, -0.15) is 0 Å². The third-order valence-corrected chi connectivity index (χ3v) is 3.14. The van der Waals surface area contributed by atoms with Crippen LogP contribution in [0.5, 0.6) is 0 Å². The zero-order valence-electron chi connectivity index (χ0n) is 9.93. The van der Waals surface area contributed by atoms with Crippen LogP contribution in [-0.2, 0) is 16.1 Å². The van der Waals surface area contributed by atoms with Crippen LogP contribution in [0.1, 0.15) is 5.56 Å². The highest BCUT2D eigenvalue weighted by molar-refractivity contribution is 8.00. The van der Waals surface area contributed by atoms with Crippen LogP contribution in [0.15, 0.2) is 24.3 Å². The number of carboxylic acid groups (broad SMARTS) is 1. The highest BCUT2D eigenvalue weighted by atomic mass is 32.2. The molecule has 0 fully saturated rings. The van der Waals surface area contributed by atoms with Crippen LogP contribution in [0.4, 0.5) is 4.39 Å². The molecule has 0 radical (unpaired) electrons. The minimum atomic E-state index is -0.954. The number of hydrogen-bond donors (Lipinski definition) is 1. The van der Waals surface area contributed by atoms with E-state index in [2.05, 4.69) is 0 Å². The summed E-state index contributed by atoms with van der Waals surface area (Å²) in [7, 11) is 1.57. The number of carbonyl (C=O) groups excluding carboxylic acids is 1. The van der Waals surface area contributed by atoms with Gasteiger partial charge in [0, 0.05) is 19.2 Å². The lowest BCUT2D eigenvalue weighted by atomic mass is 10.2. The van der Waals surface area contributed by atoms with Gasteiger partial charge < -0.3 is 10.0 Å². The molecule has 0 saturated heterocycles. The molecule has 0 atom stereocenters. The predicted octanol–water partition coefficient (Wildman–Crippen LogP) is 1.60. The zero-order valence-corrected chi connectivity index (χ0v) is 10.7. The van der Waals surface area contributed by atoms with Gasteiger partial charge in [-0.05, 0) is 6.07 Å². The average Bonchev–Trinajstić information content (AvgIpc) is 2.31. The van der Waals surface area contributed by atoms with Crippen LogP contribution in [0, 0.1) is 5.82 Å². The number of carboxylic acids is 1. The standard InChI is InChI=1S/C12H14FNO3S/c1-14(11(15)7-18-8-12(16)17)6-9-4-2-3-5-10(9)13/h2-5H,6-8H2,1H3,(H,16,17). The molecule has 0 aliphatic heterocycles.